The monoisotopic (exact) mass is 154 g/mol. The molecule has 0 aliphatic heterocycles. The largest absolute Gasteiger partial charge is 0.479 e. The summed E-state index contributed by atoms with van der Waals surface area (Å²) in [5.41, 5.74) is 0. The lowest BCUT2D eigenvalue weighted by atomic mass is 10.4. The Morgan fingerprint density at radius 2 is 2.20 bits per heavy atom. The van der Waals surface area contributed by atoms with Crippen LogP contribution in [0.1, 0.15) is 6.92 Å². The summed E-state index contributed by atoms with van der Waals surface area (Å²) < 4.78 is 26.9. The van der Waals surface area contributed by atoms with Gasteiger partial charge in [0.05, 0.1) is 0 Å². The summed E-state index contributed by atoms with van der Waals surface area (Å²) >= 11 is 0. The van der Waals surface area contributed by atoms with Gasteiger partial charge >= 0.3 is 5.97 Å². The van der Waals surface area contributed by atoms with Crippen LogP contribution in [-0.2, 0) is 9.53 Å². The van der Waals surface area contributed by atoms with Gasteiger partial charge in [-0.2, -0.15) is 0 Å². The number of ether oxygens (including phenoxy) is 1. The van der Waals surface area contributed by atoms with E-state index < -0.39 is 25.1 Å². The molecule has 0 rings (SSSR count). The summed E-state index contributed by atoms with van der Waals surface area (Å²) in [6.07, 6.45) is -3.77. The molecule has 0 amide bonds. The Morgan fingerprint density at radius 3 is 2.50 bits per heavy atom. The Hall–Kier alpha value is -0.710. The van der Waals surface area contributed by atoms with Crippen molar-refractivity contribution in [1.82, 2.24) is 0 Å². The second-order valence-corrected chi connectivity index (χ2v) is 1.70. The maximum Gasteiger partial charge on any atom is 0.332 e. The van der Waals surface area contributed by atoms with E-state index in [0.29, 0.717) is 0 Å². The van der Waals surface area contributed by atoms with E-state index in [2.05, 4.69) is 4.74 Å². The molecule has 0 radical (unpaired) electrons. The molecule has 0 spiro atoms. The van der Waals surface area contributed by atoms with Crippen LogP contribution in [0.2, 0.25) is 0 Å². The molecule has 1 atom stereocenters. The van der Waals surface area contributed by atoms with Gasteiger partial charge in [0.2, 0.25) is 0 Å². The highest BCUT2D eigenvalue weighted by Gasteiger charge is 2.13. The summed E-state index contributed by atoms with van der Waals surface area (Å²) in [6, 6.07) is 0. The van der Waals surface area contributed by atoms with Gasteiger partial charge in [0.15, 0.2) is 6.10 Å². The van der Waals surface area contributed by atoms with Crippen LogP contribution in [0.25, 0.3) is 0 Å². The normalized spacial score (nSPS) is 13.6. The standard InChI is InChI=1S/C5H8F2O3/c1-3(5(8)9)10-2-4(6)7/h3-4H,2H2,1H3,(H,8,9). The third-order valence-electron chi connectivity index (χ3n) is 0.820. The Morgan fingerprint density at radius 1 is 1.70 bits per heavy atom. The van der Waals surface area contributed by atoms with E-state index >= 15 is 0 Å². The van der Waals surface area contributed by atoms with Crippen molar-refractivity contribution in [2.24, 2.45) is 0 Å². The van der Waals surface area contributed by atoms with Gasteiger partial charge in [-0.15, -0.1) is 0 Å². The first-order valence-electron chi connectivity index (χ1n) is 2.66. The molecule has 0 saturated carbocycles. The van der Waals surface area contributed by atoms with Crippen molar-refractivity contribution < 1.29 is 23.4 Å². The maximum absolute atomic E-state index is 11.3. The van der Waals surface area contributed by atoms with Crippen molar-refractivity contribution in [2.45, 2.75) is 19.5 Å². The predicted octanol–water partition coefficient (Wildman–Crippen LogP) is 0.741. The Bertz CT molecular complexity index is 115. The highest BCUT2D eigenvalue weighted by molar-refractivity contribution is 5.71. The zero-order chi connectivity index (χ0) is 8.15. The molecule has 1 N–H and O–H groups in total. The maximum atomic E-state index is 11.3. The average molecular weight is 154 g/mol. The van der Waals surface area contributed by atoms with Gasteiger partial charge in [-0.25, -0.2) is 13.6 Å². The number of carbonyl (C=O) groups is 1. The van der Waals surface area contributed by atoms with E-state index in [1.165, 1.54) is 6.92 Å². The molecule has 0 fully saturated rings. The van der Waals surface area contributed by atoms with Gasteiger partial charge in [0.1, 0.15) is 6.61 Å². The third kappa shape index (κ3) is 4.20. The lowest BCUT2D eigenvalue weighted by Gasteiger charge is -2.06. The Balaban J connectivity index is 3.40. The van der Waals surface area contributed by atoms with E-state index in [9.17, 15) is 13.6 Å². The van der Waals surface area contributed by atoms with Crippen LogP contribution >= 0.6 is 0 Å². The van der Waals surface area contributed by atoms with Crippen molar-refractivity contribution in [3.63, 3.8) is 0 Å². The summed E-state index contributed by atoms with van der Waals surface area (Å²) in [5, 5.41) is 8.12. The first-order chi connectivity index (χ1) is 4.54. The lowest BCUT2D eigenvalue weighted by Crippen LogP contribution is -2.22. The minimum Gasteiger partial charge on any atom is -0.479 e. The molecule has 0 aromatic carbocycles. The second kappa shape index (κ2) is 4.16. The van der Waals surface area contributed by atoms with Gasteiger partial charge in [-0.05, 0) is 6.92 Å². The van der Waals surface area contributed by atoms with Crippen LogP contribution in [-0.4, -0.2) is 30.2 Å². The van der Waals surface area contributed by atoms with E-state index in [1.807, 2.05) is 0 Å². The molecule has 10 heavy (non-hydrogen) atoms. The molecular weight excluding hydrogens is 146 g/mol. The number of rotatable bonds is 4. The minimum atomic E-state index is -2.61. The van der Waals surface area contributed by atoms with Gasteiger partial charge in [0.25, 0.3) is 6.43 Å². The molecule has 0 aromatic rings. The first-order valence-corrected chi connectivity index (χ1v) is 2.66. The number of hydrogen-bond donors (Lipinski definition) is 1. The third-order valence-corrected chi connectivity index (χ3v) is 0.820. The molecule has 0 aromatic heterocycles. The first kappa shape index (κ1) is 9.29. The summed E-state index contributed by atoms with van der Waals surface area (Å²) in [5.74, 6) is -1.24. The van der Waals surface area contributed by atoms with Gasteiger partial charge in [-0.3, -0.25) is 0 Å². The van der Waals surface area contributed by atoms with E-state index in [0.717, 1.165) is 0 Å². The molecule has 0 bridgehead atoms. The molecule has 5 heteroatoms. The number of alkyl halides is 2. The fraction of sp³-hybridized carbons (Fsp3) is 0.800. The predicted molar refractivity (Wildman–Crippen MR) is 29.1 cm³/mol. The molecule has 1 unspecified atom stereocenters. The van der Waals surface area contributed by atoms with Crippen LogP contribution < -0.4 is 0 Å². The SMILES string of the molecule is CC(OCC(F)F)C(=O)O. The summed E-state index contributed by atoms with van der Waals surface area (Å²) in [6.45, 7) is 0.373. The number of hydrogen-bond acceptors (Lipinski definition) is 2. The highest BCUT2D eigenvalue weighted by Crippen LogP contribution is 1.96. The molecule has 0 heterocycles. The average Bonchev–Trinajstić information content (AvgIpc) is 1.82. The van der Waals surface area contributed by atoms with Gasteiger partial charge < -0.3 is 9.84 Å². The van der Waals surface area contributed by atoms with Crippen LogP contribution in [0, 0.1) is 0 Å². The number of carboxylic acid groups (broad SMARTS) is 1. The highest BCUT2D eigenvalue weighted by atomic mass is 19.3. The quantitative estimate of drug-likeness (QED) is 0.649. The zero-order valence-electron chi connectivity index (χ0n) is 5.38. The lowest BCUT2D eigenvalue weighted by molar-refractivity contribution is -0.151. The fourth-order valence-electron chi connectivity index (χ4n) is 0.288. The Kier molecular flexibility index (Phi) is 3.87. The smallest absolute Gasteiger partial charge is 0.332 e. The van der Waals surface area contributed by atoms with Crippen LogP contribution in [0.5, 0.6) is 0 Å². The van der Waals surface area contributed by atoms with Crippen LogP contribution in [0.4, 0.5) is 8.78 Å². The minimum absolute atomic E-state index is 0.826. The molecule has 0 aliphatic rings. The number of halogens is 2. The zero-order valence-corrected chi connectivity index (χ0v) is 5.38. The molecule has 0 aliphatic carbocycles. The van der Waals surface area contributed by atoms with E-state index in [-0.39, 0.29) is 0 Å². The van der Waals surface area contributed by atoms with E-state index in [4.69, 9.17) is 5.11 Å². The molecular formula is C5H8F2O3. The van der Waals surface area contributed by atoms with Crippen LogP contribution in [0.3, 0.4) is 0 Å². The van der Waals surface area contributed by atoms with Gasteiger partial charge in [0, 0.05) is 0 Å². The molecule has 3 nitrogen and oxygen atoms in total. The van der Waals surface area contributed by atoms with Crippen molar-refractivity contribution in [1.29, 1.82) is 0 Å². The fourth-order valence-corrected chi connectivity index (χ4v) is 0.288. The van der Waals surface area contributed by atoms with Crippen molar-refractivity contribution in [3.05, 3.63) is 0 Å². The van der Waals surface area contributed by atoms with Crippen molar-refractivity contribution in [3.8, 4) is 0 Å². The van der Waals surface area contributed by atoms with E-state index in [1.54, 1.807) is 0 Å². The summed E-state index contributed by atoms with van der Waals surface area (Å²) in [7, 11) is 0. The molecule has 60 valence electrons. The van der Waals surface area contributed by atoms with Crippen molar-refractivity contribution >= 4 is 5.97 Å². The second-order valence-electron chi connectivity index (χ2n) is 1.70. The number of aliphatic carboxylic acids is 1. The van der Waals surface area contributed by atoms with Crippen molar-refractivity contribution in [2.75, 3.05) is 6.61 Å². The number of carboxylic acids is 1. The summed E-state index contributed by atoms with van der Waals surface area (Å²) in [4.78, 5) is 9.94. The Labute approximate surface area is 56.6 Å². The van der Waals surface area contributed by atoms with Gasteiger partial charge in [-0.1, -0.05) is 0 Å². The topological polar surface area (TPSA) is 46.5 Å². The van der Waals surface area contributed by atoms with Crippen LogP contribution in [0.15, 0.2) is 0 Å². The molecule has 0 saturated heterocycles.